The van der Waals surface area contributed by atoms with E-state index in [-0.39, 0.29) is 11.9 Å². The van der Waals surface area contributed by atoms with Gasteiger partial charge in [-0.1, -0.05) is 6.07 Å². The molecule has 1 amide bonds. The van der Waals surface area contributed by atoms with Gasteiger partial charge in [-0.25, -0.2) is 0 Å². The number of nitrogens with zero attached hydrogens (tertiary/aromatic N) is 2. The summed E-state index contributed by atoms with van der Waals surface area (Å²) >= 11 is 1.69. The number of carbonyl (C=O) groups excluding carboxylic acids is 1. The number of methoxy groups -OCH3 is 1. The fourth-order valence-electron chi connectivity index (χ4n) is 3.40. The van der Waals surface area contributed by atoms with E-state index in [0.29, 0.717) is 5.56 Å². The van der Waals surface area contributed by atoms with Crippen LogP contribution in [0.4, 0.5) is 5.82 Å². The molecular formula is C20H22N4O2S. The van der Waals surface area contributed by atoms with E-state index >= 15 is 0 Å². The Hall–Kier alpha value is -2.80. The van der Waals surface area contributed by atoms with Crippen molar-refractivity contribution in [2.24, 2.45) is 0 Å². The number of hydrogen-bond acceptors (Lipinski definition) is 5. The molecule has 0 bridgehead atoms. The number of hydrogen-bond donors (Lipinski definition) is 2. The molecule has 1 aliphatic rings. The lowest BCUT2D eigenvalue weighted by Gasteiger charge is -2.16. The molecule has 0 aliphatic carbocycles. The third-order valence-electron chi connectivity index (χ3n) is 4.88. The Morgan fingerprint density at radius 3 is 3.00 bits per heavy atom. The molecule has 3 heterocycles. The third-order valence-corrected chi connectivity index (χ3v) is 5.78. The van der Waals surface area contributed by atoms with Gasteiger partial charge in [-0.15, -0.1) is 11.3 Å². The van der Waals surface area contributed by atoms with E-state index in [1.54, 1.807) is 18.4 Å². The monoisotopic (exact) mass is 382 g/mol. The highest BCUT2D eigenvalue weighted by atomic mass is 32.1. The zero-order chi connectivity index (χ0) is 18.8. The summed E-state index contributed by atoms with van der Waals surface area (Å²) in [7, 11) is 1.63. The molecule has 140 valence electrons. The molecule has 2 aromatic heterocycles. The van der Waals surface area contributed by atoms with E-state index < -0.39 is 0 Å². The van der Waals surface area contributed by atoms with E-state index in [1.165, 1.54) is 4.88 Å². The van der Waals surface area contributed by atoms with Gasteiger partial charge in [-0.05, 0) is 48.6 Å². The average molecular weight is 382 g/mol. The fourth-order valence-corrected chi connectivity index (χ4v) is 4.09. The first-order valence-corrected chi connectivity index (χ1v) is 9.82. The van der Waals surface area contributed by atoms with Crippen LogP contribution in [0.3, 0.4) is 0 Å². The Morgan fingerprint density at radius 1 is 1.37 bits per heavy atom. The molecule has 0 saturated carbocycles. The Kier molecular flexibility index (Phi) is 4.85. The highest BCUT2D eigenvalue weighted by molar-refractivity contribution is 7.13. The van der Waals surface area contributed by atoms with Crippen LogP contribution in [0.5, 0.6) is 5.75 Å². The maximum atomic E-state index is 12.6. The minimum atomic E-state index is -0.0386. The number of benzene rings is 1. The van der Waals surface area contributed by atoms with Crippen LogP contribution in [0.2, 0.25) is 0 Å². The molecule has 3 aromatic rings. The molecule has 27 heavy (non-hydrogen) atoms. The van der Waals surface area contributed by atoms with Crippen LogP contribution in [0, 0.1) is 6.92 Å². The summed E-state index contributed by atoms with van der Waals surface area (Å²) in [4.78, 5) is 16.0. The standard InChI is InChI=1S/C20H22N4O2S/c1-13-10-15(26-2)5-6-16(13)20(25)21-14-7-8-24(12-14)19-11-17(22-23-19)18-4-3-9-27-18/h3-6,9-11,14H,7-8,12H2,1-2H3,(H,21,25)(H,22,23)/t14-/m1/s1. The normalized spacial score (nSPS) is 16.5. The van der Waals surface area contributed by atoms with Gasteiger partial charge < -0.3 is 15.0 Å². The number of carbonyl (C=O) groups is 1. The number of anilines is 1. The molecule has 4 rings (SSSR count). The van der Waals surface area contributed by atoms with Crippen molar-refractivity contribution >= 4 is 23.1 Å². The lowest BCUT2D eigenvalue weighted by Crippen LogP contribution is -2.37. The van der Waals surface area contributed by atoms with Crippen molar-refractivity contribution in [3.8, 4) is 16.3 Å². The number of ether oxygens (including phenoxy) is 1. The number of rotatable bonds is 5. The van der Waals surface area contributed by atoms with Crippen molar-refractivity contribution in [1.29, 1.82) is 0 Å². The maximum absolute atomic E-state index is 12.6. The summed E-state index contributed by atoms with van der Waals surface area (Å²) in [5, 5.41) is 12.7. The van der Waals surface area contributed by atoms with Gasteiger partial charge >= 0.3 is 0 Å². The molecule has 7 heteroatoms. The lowest BCUT2D eigenvalue weighted by molar-refractivity contribution is 0.0939. The van der Waals surface area contributed by atoms with Crippen molar-refractivity contribution < 1.29 is 9.53 Å². The molecule has 1 aliphatic heterocycles. The Labute approximate surface area is 162 Å². The zero-order valence-corrected chi connectivity index (χ0v) is 16.2. The smallest absolute Gasteiger partial charge is 0.251 e. The zero-order valence-electron chi connectivity index (χ0n) is 15.4. The van der Waals surface area contributed by atoms with Crippen LogP contribution in [0.25, 0.3) is 10.6 Å². The van der Waals surface area contributed by atoms with Crippen molar-refractivity contribution in [2.45, 2.75) is 19.4 Å². The number of aromatic amines is 1. The summed E-state index contributed by atoms with van der Waals surface area (Å²) in [6.07, 6.45) is 0.905. The van der Waals surface area contributed by atoms with E-state index in [9.17, 15) is 4.79 Å². The molecule has 0 radical (unpaired) electrons. The average Bonchev–Trinajstić information content (AvgIpc) is 3.41. The largest absolute Gasteiger partial charge is 0.497 e. The first-order chi connectivity index (χ1) is 13.1. The molecule has 1 aromatic carbocycles. The number of aryl methyl sites for hydroxylation is 1. The Balaban J connectivity index is 1.39. The van der Waals surface area contributed by atoms with E-state index in [4.69, 9.17) is 4.74 Å². The second kappa shape index (κ2) is 7.44. The summed E-state index contributed by atoms with van der Waals surface area (Å²) in [6.45, 7) is 3.56. The first-order valence-electron chi connectivity index (χ1n) is 8.94. The minimum absolute atomic E-state index is 0.0386. The van der Waals surface area contributed by atoms with Gasteiger partial charge in [0.1, 0.15) is 5.75 Å². The van der Waals surface area contributed by atoms with Crippen molar-refractivity contribution in [2.75, 3.05) is 25.1 Å². The number of aromatic nitrogens is 2. The summed E-state index contributed by atoms with van der Waals surface area (Å²) in [6, 6.07) is 11.8. The molecule has 1 fully saturated rings. The van der Waals surface area contributed by atoms with Gasteiger partial charge in [-0.3, -0.25) is 9.89 Å². The van der Waals surface area contributed by atoms with Gasteiger partial charge in [0.15, 0.2) is 5.82 Å². The number of H-pyrrole nitrogens is 1. The quantitative estimate of drug-likeness (QED) is 0.709. The van der Waals surface area contributed by atoms with Gasteiger partial charge in [0.25, 0.3) is 5.91 Å². The number of nitrogens with one attached hydrogen (secondary N) is 2. The van der Waals surface area contributed by atoms with Gasteiger partial charge in [0.05, 0.1) is 17.7 Å². The highest BCUT2D eigenvalue weighted by Crippen LogP contribution is 2.27. The molecule has 0 spiro atoms. The van der Waals surface area contributed by atoms with Crippen LogP contribution in [-0.2, 0) is 0 Å². The van der Waals surface area contributed by atoms with Gasteiger partial charge in [0, 0.05) is 30.8 Å². The van der Waals surface area contributed by atoms with Crippen LogP contribution in [0.1, 0.15) is 22.3 Å². The van der Waals surface area contributed by atoms with Crippen LogP contribution < -0.4 is 15.0 Å². The van der Waals surface area contributed by atoms with Crippen LogP contribution in [-0.4, -0.2) is 42.3 Å². The number of thiophene rings is 1. The van der Waals surface area contributed by atoms with Gasteiger partial charge in [-0.2, -0.15) is 5.10 Å². The van der Waals surface area contributed by atoms with E-state index in [0.717, 1.165) is 42.3 Å². The van der Waals surface area contributed by atoms with Crippen molar-refractivity contribution in [1.82, 2.24) is 15.5 Å². The van der Waals surface area contributed by atoms with Crippen molar-refractivity contribution in [3.63, 3.8) is 0 Å². The Bertz CT molecular complexity index is 935. The summed E-state index contributed by atoms with van der Waals surface area (Å²) in [5.74, 6) is 1.65. The minimum Gasteiger partial charge on any atom is -0.497 e. The molecular weight excluding hydrogens is 360 g/mol. The SMILES string of the molecule is COc1ccc(C(=O)N[C@@H]2CCN(c3cc(-c4cccs4)[nH]n3)C2)c(C)c1. The maximum Gasteiger partial charge on any atom is 0.251 e. The second-order valence-electron chi connectivity index (χ2n) is 6.70. The summed E-state index contributed by atoms with van der Waals surface area (Å²) < 4.78 is 5.21. The van der Waals surface area contributed by atoms with Gasteiger partial charge in [0.2, 0.25) is 0 Å². The van der Waals surface area contributed by atoms with Crippen LogP contribution in [0.15, 0.2) is 41.8 Å². The lowest BCUT2D eigenvalue weighted by atomic mass is 10.1. The second-order valence-corrected chi connectivity index (χ2v) is 7.65. The molecule has 6 nitrogen and oxygen atoms in total. The molecule has 1 saturated heterocycles. The number of amides is 1. The third kappa shape index (κ3) is 3.68. The predicted octanol–water partition coefficient (Wildman–Crippen LogP) is 3.46. The predicted molar refractivity (Wildman–Crippen MR) is 108 cm³/mol. The van der Waals surface area contributed by atoms with E-state index in [2.05, 4.69) is 37.9 Å². The fraction of sp³-hybridized carbons (Fsp3) is 0.300. The van der Waals surface area contributed by atoms with Crippen molar-refractivity contribution in [3.05, 3.63) is 52.9 Å². The Morgan fingerprint density at radius 2 is 2.26 bits per heavy atom. The topological polar surface area (TPSA) is 70.2 Å². The van der Waals surface area contributed by atoms with E-state index in [1.807, 2.05) is 31.2 Å². The summed E-state index contributed by atoms with van der Waals surface area (Å²) in [5.41, 5.74) is 2.63. The molecule has 1 atom stereocenters. The first kappa shape index (κ1) is 17.6. The molecule has 2 N–H and O–H groups in total. The highest BCUT2D eigenvalue weighted by Gasteiger charge is 2.26. The van der Waals surface area contributed by atoms with Crippen LogP contribution >= 0.6 is 11.3 Å². The molecule has 0 unspecified atom stereocenters.